The van der Waals surface area contributed by atoms with Crippen molar-refractivity contribution in [2.45, 2.75) is 57.6 Å². The van der Waals surface area contributed by atoms with Crippen molar-refractivity contribution in [3.05, 3.63) is 0 Å². The van der Waals surface area contributed by atoms with Gasteiger partial charge in [0.25, 0.3) is 0 Å². The summed E-state index contributed by atoms with van der Waals surface area (Å²) in [7, 11) is 0. The van der Waals surface area contributed by atoms with Crippen LogP contribution in [-0.2, 0) is 38.1 Å². The van der Waals surface area contributed by atoms with Gasteiger partial charge in [-0.25, -0.2) is 0 Å². The highest BCUT2D eigenvalue weighted by molar-refractivity contribution is 5.82. The summed E-state index contributed by atoms with van der Waals surface area (Å²) in [5, 5.41) is 11.4. The maximum absolute atomic E-state index is 12.5. The summed E-state index contributed by atoms with van der Waals surface area (Å²) in [6, 6.07) is -1.92. The molecule has 0 radical (unpaired) electrons. The number of hydrogen-bond acceptors (Lipinski definition) is 9. The fourth-order valence-corrected chi connectivity index (χ4v) is 2.31. The van der Waals surface area contributed by atoms with Crippen LogP contribution < -0.4 is 5.32 Å². The molecule has 0 aromatic heterocycles. The number of esters is 3. The minimum Gasteiger partial charge on any atom is -0.463 e. The Labute approximate surface area is 150 Å². The predicted molar refractivity (Wildman–Crippen MR) is 76.6 cm³/mol. The van der Waals surface area contributed by atoms with Crippen LogP contribution in [0.1, 0.15) is 20.8 Å². The van der Waals surface area contributed by atoms with Crippen LogP contribution in [0.25, 0.3) is 0 Å². The third kappa shape index (κ3) is 6.67. The van der Waals surface area contributed by atoms with Gasteiger partial charge in [0, 0.05) is 20.8 Å². The second-order valence-electron chi connectivity index (χ2n) is 5.51. The number of aliphatic hydroxyl groups excluding tert-OH is 1. The Morgan fingerprint density at radius 2 is 1.52 bits per heavy atom. The van der Waals surface area contributed by atoms with Crippen molar-refractivity contribution in [3.8, 4) is 0 Å². The molecule has 2 N–H and O–H groups in total. The van der Waals surface area contributed by atoms with Crippen LogP contribution in [0.3, 0.4) is 0 Å². The number of carbonyl (C=O) groups excluding carboxylic acids is 4. The highest BCUT2D eigenvalue weighted by atomic mass is 19.4. The van der Waals surface area contributed by atoms with E-state index < -0.39 is 67.2 Å². The molecule has 1 aliphatic rings. The number of halogens is 3. The van der Waals surface area contributed by atoms with Crippen LogP contribution in [0.5, 0.6) is 0 Å². The lowest BCUT2D eigenvalue weighted by molar-refractivity contribution is -0.266. The molecule has 0 bridgehead atoms. The predicted octanol–water partition coefficient (Wildman–Crippen LogP) is -0.823. The van der Waals surface area contributed by atoms with Crippen molar-refractivity contribution in [1.82, 2.24) is 5.32 Å². The van der Waals surface area contributed by atoms with Crippen LogP contribution in [-0.4, -0.2) is 72.3 Å². The van der Waals surface area contributed by atoms with Gasteiger partial charge >= 0.3 is 30.0 Å². The summed E-state index contributed by atoms with van der Waals surface area (Å²) < 4.78 is 57.1. The molecule has 2 unspecified atom stereocenters. The number of alkyl halides is 3. The minimum absolute atomic E-state index is 0.567. The van der Waals surface area contributed by atoms with Gasteiger partial charge in [-0.3, -0.25) is 19.2 Å². The topological polar surface area (TPSA) is 137 Å². The quantitative estimate of drug-likeness (QED) is 0.447. The van der Waals surface area contributed by atoms with Crippen LogP contribution in [0.15, 0.2) is 0 Å². The molecule has 154 valence electrons. The molecule has 1 heterocycles. The third-order valence-corrected chi connectivity index (χ3v) is 3.28. The molecule has 1 saturated heterocycles. The van der Waals surface area contributed by atoms with Crippen LogP contribution in [0.4, 0.5) is 13.2 Å². The number of aliphatic hydroxyl groups is 1. The van der Waals surface area contributed by atoms with Gasteiger partial charge in [-0.15, -0.1) is 0 Å². The van der Waals surface area contributed by atoms with Crippen molar-refractivity contribution in [2.24, 2.45) is 0 Å². The third-order valence-electron chi connectivity index (χ3n) is 3.28. The average Bonchev–Trinajstić information content (AvgIpc) is 2.49. The standard InChI is InChI=1S/C14H18F3NO9/c1-5(19)24-4-8-10(25-6(2)20)11(26-7(3)21)9(12(22)27-8)18-13(23)14(15,16)17/h8-12,22H,4H2,1-3H3,(H,18,23)/t8?,9-,10+,11?,12+/m0/s1. The molecule has 13 heteroatoms. The molecule has 1 fully saturated rings. The highest BCUT2D eigenvalue weighted by Crippen LogP contribution is 2.27. The number of amides is 1. The summed E-state index contributed by atoms with van der Waals surface area (Å²) in [6.07, 6.45) is -12.1. The van der Waals surface area contributed by atoms with E-state index in [9.17, 15) is 37.5 Å². The molecule has 5 atom stereocenters. The van der Waals surface area contributed by atoms with Crippen LogP contribution >= 0.6 is 0 Å². The van der Waals surface area contributed by atoms with E-state index in [4.69, 9.17) is 18.9 Å². The first-order chi connectivity index (χ1) is 12.3. The minimum atomic E-state index is -5.30. The first kappa shape index (κ1) is 22.6. The largest absolute Gasteiger partial charge is 0.471 e. The molecule has 0 spiro atoms. The smallest absolute Gasteiger partial charge is 0.463 e. The summed E-state index contributed by atoms with van der Waals surface area (Å²) in [4.78, 5) is 44.9. The van der Waals surface area contributed by atoms with Crippen molar-refractivity contribution in [3.63, 3.8) is 0 Å². The maximum Gasteiger partial charge on any atom is 0.471 e. The van der Waals surface area contributed by atoms with Crippen LogP contribution in [0.2, 0.25) is 0 Å². The number of hydrogen-bond donors (Lipinski definition) is 2. The lowest BCUT2D eigenvalue weighted by atomic mass is 9.96. The van der Waals surface area contributed by atoms with E-state index in [0.717, 1.165) is 20.8 Å². The zero-order chi connectivity index (χ0) is 20.9. The highest BCUT2D eigenvalue weighted by Gasteiger charge is 2.52. The van der Waals surface area contributed by atoms with E-state index in [1.54, 1.807) is 0 Å². The lowest BCUT2D eigenvalue weighted by Gasteiger charge is -2.43. The normalized spacial score (nSPS) is 28.0. The van der Waals surface area contributed by atoms with E-state index in [0.29, 0.717) is 0 Å². The summed E-state index contributed by atoms with van der Waals surface area (Å²) >= 11 is 0. The molecule has 0 aromatic rings. The molecule has 0 saturated carbocycles. The van der Waals surface area contributed by atoms with Crippen molar-refractivity contribution in [1.29, 1.82) is 0 Å². The molecule has 1 aliphatic heterocycles. The average molecular weight is 401 g/mol. The maximum atomic E-state index is 12.5. The van der Waals surface area contributed by atoms with Crippen molar-refractivity contribution in [2.75, 3.05) is 6.61 Å². The van der Waals surface area contributed by atoms with Crippen LogP contribution in [0, 0.1) is 0 Å². The number of rotatable bonds is 5. The van der Waals surface area contributed by atoms with Gasteiger partial charge < -0.3 is 29.4 Å². The SMILES string of the molecule is CC(=O)OCC1O[C@@H](O)[C@@H](NC(=O)C(F)(F)F)C(OC(C)=O)[C@@H]1OC(C)=O. The van der Waals surface area contributed by atoms with Crippen molar-refractivity contribution >= 4 is 23.8 Å². The Balaban J connectivity index is 3.18. The van der Waals surface area contributed by atoms with Gasteiger partial charge in [0.15, 0.2) is 18.5 Å². The van der Waals surface area contributed by atoms with E-state index in [-0.39, 0.29) is 0 Å². The van der Waals surface area contributed by atoms with E-state index in [2.05, 4.69) is 0 Å². The summed E-state index contributed by atoms with van der Waals surface area (Å²) in [5.41, 5.74) is 0. The van der Waals surface area contributed by atoms with Gasteiger partial charge in [-0.1, -0.05) is 0 Å². The van der Waals surface area contributed by atoms with Gasteiger partial charge in [-0.05, 0) is 0 Å². The zero-order valence-electron chi connectivity index (χ0n) is 14.4. The van der Waals surface area contributed by atoms with Gasteiger partial charge in [-0.2, -0.15) is 13.2 Å². The zero-order valence-corrected chi connectivity index (χ0v) is 14.4. The number of nitrogens with one attached hydrogen (secondary N) is 1. The van der Waals surface area contributed by atoms with E-state index in [1.807, 2.05) is 0 Å². The first-order valence-corrected chi connectivity index (χ1v) is 7.52. The Bertz CT molecular complexity index is 595. The van der Waals surface area contributed by atoms with Crippen molar-refractivity contribution < 1.29 is 56.4 Å². The first-order valence-electron chi connectivity index (χ1n) is 7.52. The Morgan fingerprint density at radius 3 is 1.96 bits per heavy atom. The second-order valence-corrected chi connectivity index (χ2v) is 5.51. The Hall–Kier alpha value is -2.41. The molecule has 10 nitrogen and oxygen atoms in total. The molecule has 1 rings (SSSR count). The molecular weight excluding hydrogens is 383 g/mol. The number of ether oxygens (including phenoxy) is 4. The second kappa shape index (κ2) is 8.99. The molecule has 1 amide bonds. The lowest BCUT2D eigenvalue weighted by Crippen LogP contribution is -2.67. The number of carbonyl (C=O) groups is 4. The van der Waals surface area contributed by atoms with E-state index >= 15 is 0 Å². The molecular formula is C14H18F3NO9. The Morgan fingerprint density at radius 1 is 1.00 bits per heavy atom. The van der Waals surface area contributed by atoms with Gasteiger partial charge in [0.1, 0.15) is 18.8 Å². The van der Waals surface area contributed by atoms with Gasteiger partial charge in [0.05, 0.1) is 0 Å². The Kier molecular flexibility index (Phi) is 7.54. The summed E-state index contributed by atoms with van der Waals surface area (Å²) in [6.45, 7) is 2.36. The molecule has 0 aliphatic carbocycles. The fraction of sp³-hybridized carbons (Fsp3) is 0.714. The van der Waals surface area contributed by atoms with Gasteiger partial charge in [0.2, 0.25) is 0 Å². The summed E-state index contributed by atoms with van der Waals surface area (Å²) in [5.74, 6) is -5.12. The van der Waals surface area contributed by atoms with E-state index in [1.165, 1.54) is 5.32 Å². The molecule has 27 heavy (non-hydrogen) atoms. The monoisotopic (exact) mass is 401 g/mol. The fourth-order valence-electron chi connectivity index (χ4n) is 2.31. The molecule has 0 aromatic carbocycles.